The number of aryl methyl sites for hydroxylation is 2. The minimum absolute atomic E-state index is 0.348. The second kappa shape index (κ2) is 7.29. The lowest BCUT2D eigenvalue weighted by atomic mass is 10.2. The summed E-state index contributed by atoms with van der Waals surface area (Å²) in [5.74, 6) is -0.854. The van der Waals surface area contributed by atoms with Gasteiger partial charge in [0.25, 0.3) is 5.91 Å². The lowest BCUT2D eigenvalue weighted by molar-refractivity contribution is -0.130. The molecule has 29 heavy (non-hydrogen) atoms. The Morgan fingerprint density at radius 1 is 1.14 bits per heavy atom. The molecule has 0 unspecified atom stereocenters. The highest BCUT2D eigenvalue weighted by molar-refractivity contribution is 7.22. The van der Waals surface area contributed by atoms with Crippen molar-refractivity contribution in [2.75, 3.05) is 16.8 Å². The van der Waals surface area contributed by atoms with E-state index in [0.717, 1.165) is 26.2 Å². The molecular weight excluding hydrogens is 388 g/mol. The van der Waals surface area contributed by atoms with Crippen LogP contribution in [-0.2, 0) is 9.59 Å². The van der Waals surface area contributed by atoms with Gasteiger partial charge in [-0.2, -0.15) is 0 Å². The van der Waals surface area contributed by atoms with Crippen LogP contribution in [0.15, 0.2) is 42.5 Å². The zero-order valence-electron chi connectivity index (χ0n) is 16.3. The SMILES string of the molecule is Cc1ccc(N2C(=O)N(CC(=O)Nc3nc4c(C)cccc4s3)C(=O)[C@H]2C)cc1. The van der Waals surface area contributed by atoms with Crippen molar-refractivity contribution in [1.82, 2.24) is 9.88 Å². The maximum Gasteiger partial charge on any atom is 0.332 e. The first-order valence-corrected chi connectivity index (χ1v) is 10.0. The fraction of sp³-hybridized carbons (Fsp3) is 0.238. The summed E-state index contributed by atoms with van der Waals surface area (Å²) in [6.45, 7) is 5.22. The number of carbonyl (C=O) groups excluding carboxylic acids is 3. The van der Waals surface area contributed by atoms with Crippen LogP contribution < -0.4 is 10.2 Å². The Morgan fingerprint density at radius 3 is 2.55 bits per heavy atom. The van der Waals surface area contributed by atoms with Crippen LogP contribution in [0.4, 0.5) is 15.6 Å². The molecule has 4 rings (SSSR count). The van der Waals surface area contributed by atoms with E-state index in [1.54, 1.807) is 19.1 Å². The average Bonchev–Trinajstić information content (AvgIpc) is 3.18. The van der Waals surface area contributed by atoms with Crippen LogP contribution in [0.1, 0.15) is 18.1 Å². The molecule has 0 bridgehead atoms. The molecule has 0 spiro atoms. The van der Waals surface area contributed by atoms with Crippen LogP contribution in [0.25, 0.3) is 10.2 Å². The van der Waals surface area contributed by atoms with E-state index < -0.39 is 23.9 Å². The van der Waals surface area contributed by atoms with Crippen LogP contribution in [0, 0.1) is 13.8 Å². The second-order valence-electron chi connectivity index (χ2n) is 7.08. The zero-order chi connectivity index (χ0) is 20.7. The van der Waals surface area contributed by atoms with Gasteiger partial charge in [0.15, 0.2) is 5.13 Å². The Balaban J connectivity index is 1.50. The Kier molecular flexibility index (Phi) is 4.79. The van der Waals surface area contributed by atoms with E-state index in [1.807, 2.05) is 44.2 Å². The van der Waals surface area contributed by atoms with Crippen molar-refractivity contribution in [2.24, 2.45) is 0 Å². The third-order valence-electron chi connectivity index (χ3n) is 4.93. The van der Waals surface area contributed by atoms with E-state index in [-0.39, 0.29) is 6.54 Å². The number of carbonyl (C=O) groups is 3. The van der Waals surface area contributed by atoms with Gasteiger partial charge in [0.1, 0.15) is 12.6 Å². The molecule has 1 aliphatic heterocycles. The Bertz CT molecular complexity index is 1120. The maximum atomic E-state index is 12.8. The molecule has 1 N–H and O–H groups in total. The Labute approximate surface area is 171 Å². The molecule has 8 heteroatoms. The Morgan fingerprint density at radius 2 is 1.86 bits per heavy atom. The number of aromatic nitrogens is 1. The average molecular weight is 408 g/mol. The minimum atomic E-state index is -0.664. The van der Waals surface area contributed by atoms with Gasteiger partial charge in [-0.3, -0.25) is 19.4 Å². The normalized spacial score (nSPS) is 16.7. The number of para-hydroxylation sites is 1. The molecule has 1 aliphatic rings. The van der Waals surface area contributed by atoms with E-state index in [9.17, 15) is 14.4 Å². The summed E-state index contributed by atoms with van der Waals surface area (Å²) in [7, 11) is 0. The van der Waals surface area contributed by atoms with Crippen molar-refractivity contribution in [3.63, 3.8) is 0 Å². The highest BCUT2D eigenvalue weighted by Crippen LogP contribution is 2.29. The van der Waals surface area contributed by atoms with E-state index in [4.69, 9.17) is 0 Å². The molecule has 2 aromatic carbocycles. The minimum Gasteiger partial charge on any atom is -0.300 e. The standard InChI is InChI=1S/C21H20N4O3S/c1-12-7-9-15(10-8-12)25-14(3)19(27)24(21(25)28)11-17(26)22-20-23-18-13(2)5-4-6-16(18)29-20/h4-10,14H,11H2,1-3H3,(H,22,23,26)/t14-/m1/s1. The monoisotopic (exact) mass is 408 g/mol. The van der Waals surface area contributed by atoms with E-state index in [0.29, 0.717) is 10.8 Å². The van der Waals surface area contributed by atoms with Crippen LogP contribution >= 0.6 is 11.3 Å². The van der Waals surface area contributed by atoms with Crippen LogP contribution in [0.3, 0.4) is 0 Å². The number of imide groups is 1. The molecule has 0 aliphatic carbocycles. The number of anilines is 2. The number of fused-ring (bicyclic) bond motifs is 1. The van der Waals surface area contributed by atoms with Crippen molar-refractivity contribution in [2.45, 2.75) is 26.8 Å². The second-order valence-corrected chi connectivity index (χ2v) is 8.11. The van der Waals surface area contributed by atoms with E-state index in [2.05, 4.69) is 10.3 Å². The van der Waals surface area contributed by atoms with Gasteiger partial charge in [0.2, 0.25) is 5.91 Å². The van der Waals surface area contributed by atoms with Gasteiger partial charge in [0.05, 0.1) is 10.2 Å². The summed E-state index contributed by atoms with van der Waals surface area (Å²) in [5, 5.41) is 3.15. The van der Waals surface area contributed by atoms with Gasteiger partial charge in [-0.1, -0.05) is 41.2 Å². The predicted octanol–water partition coefficient (Wildman–Crippen LogP) is 3.71. The number of benzene rings is 2. The van der Waals surface area contributed by atoms with Gasteiger partial charge in [-0.05, 0) is 44.5 Å². The highest BCUT2D eigenvalue weighted by atomic mass is 32.1. The Hall–Kier alpha value is -3.26. The summed E-state index contributed by atoms with van der Waals surface area (Å²) in [4.78, 5) is 44.8. The van der Waals surface area contributed by atoms with Gasteiger partial charge < -0.3 is 5.32 Å². The quantitative estimate of drug-likeness (QED) is 0.667. The van der Waals surface area contributed by atoms with Gasteiger partial charge >= 0.3 is 6.03 Å². The molecule has 1 fully saturated rings. The van der Waals surface area contributed by atoms with Crippen molar-refractivity contribution in [3.8, 4) is 0 Å². The number of rotatable bonds is 4. The molecule has 7 nitrogen and oxygen atoms in total. The van der Waals surface area contributed by atoms with Crippen LogP contribution in [0.2, 0.25) is 0 Å². The third-order valence-corrected chi connectivity index (χ3v) is 5.86. The van der Waals surface area contributed by atoms with Gasteiger partial charge in [-0.25, -0.2) is 9.78 Å². The molecule has 1 aromatic heterocycles. The summed E-state index contributed by atoms with van der Waals surface area (Å²) in [6, 6.07) is 12.0. The molecule has 0 saturated carbocycles. The molecule has 1 atom stereocenters. The lowest BCUT2D eigenvalue weighted by Gasteiger charge is -2.19. The summed E-state index contributed by atoms with van der Waals surface area (Å²) in [6.07, 6.45) is 0. The third kappa shape index (κ3) is 3.47. The fourth-order valence-electron chi connectivity index (χ4n) is 3.35. The lowest BCUT2D eigenvalue weighted by Crippen LogP contribution is -2.39. The van der Waals surface area contributed by atoms with Crippen molar-refractivity contribution < 1.29 is 14.4 Å². The largest absolute Gasteiger partial charge is 0.332 e. The van der Waals surface area contributed by atoms with Crippen molar-refractivity contribution in [1.29, 1.82) is 0 Å². The maximum absolute atomic E-state index is 12.8. The van der Waals surface area contributed by atoms with E-state index in [1.165, 1.54) is 16.2 Å². The highest BCUT2D eigenvalue weighted by Gasteiger charge is 2.44. The smallest absolute Gasteiger partial charge is 0.300 e. The van der Waals surface area contributed by atoms with Crippen LogP contribution in [-0.4, -0.2) is 40.3 Å². The van der Waals surface area contributed by atoms with Crippen LogP contribution in [0.5, 0.6) is 0 Å². The predicted molar refractivity (Wildman–Crippen MR) is 113 cm³/mol. The molecule has 2 heterocycles. The molecule has 4 amide bonds. The number of urea groups is 1. The molecule has 3 aromatic rings. The van der Waals surface area contributed by atoms with Gasteiger partial charge in [-0.15, -0.1) is 0 Å². The first kappa shape index (κ1) is 19.1. The number of hydrogen-bond acceptors (Lipinski definition) is 5. The first-order valence-electron chi connectivity index (χ1n) is 9.22. The number of hydrogen-bond donors (Lipinski definition) is 1. The first-order chi connectivity index (χ1) is 13.8. The van der Waals surface area contributed by atoms with Gasteiger partial charge in [0, 0.05) is 5.69 Å². The summed E-state index contributed by atoms with van der Waals surface area (Å²) in [5.41, 5.74) is 3.54. The molecule has 148 valence electrons. The topological polar surface area (TPSA) is 82.6 Å². The summed E-state index contributed by atoms with van der Waals surface area (Å²) >= 11 is 1.36. The molecular formula is C21H20N4O3S. The van der Waals surface area contributed by atoms with Crippen molar-refractivity contribution >= 4 is 50.2 Å². The van der Waals surface area contributed by atoms with Crippen molar-refractivity contribution in [3.05, 3.63) is 53.6 Å². The zero-order valence-corrected chi connectivity index (χ0v) is 17.1. The fourth-order valence-corrected chi connectivity index (χ4v) is 4.31. The number of nitrogens with one attached hydrogen (secondary N) is 1. The summed E-state index contributed by atoms with van der Waals surface area (Å²) < 4.78 is 0.966. The number of amides is 4. The molecule has 1 saturated heterocycles. The number of thiazole rings is 1. The molecule has 0 radical (unpaired) electrons. The van der Waals surface area contributed by atoms with E-state index >= 15 is 0 Å². The number of nitrogens with zero attached hydrogens (tertiary/aromatic N) is 3.